The van der Waals surface area contributed by atoms with Crippen LogP contribution in [-0.2, 0) is 14.6 Å². The van der Waals surface area contributed by atoms with E-state index in [9.17, 15) is 13.2 Å². The van der Waals surface area contributed by atoms with E-state index in [0.29, 0.717) is 18.3 Å². The molecule has 7 heteroatoms. The van der Waals surface area contributed by atoms with Gasteiger partial charge in [-0.3, -0.25) is 4.79 Å². The van der Waals surface area contributed by atoms with Crippen LogP contribution in [0.4, 0.5) is 0 Å². The van der Waals surface area contributed by atoms with Crippen LogP contribution in [0.1, 0.15) is 26.2 Å². The second-order valence-electron chi connectivity index (χ2n) is 5.78. The lowest BCUT2D eigenvalue weighted by Gasteiger charge is -2.17. The molecule has 0 aromatic rings. The molecule has 0 unspecified atom stereocenters. The van der Waals surface area contributed by atoms with Crippen LogP contribution in [0, 0.1) is 11.8 Å². The largest absolute Gasteiger partial charge is 0.341 e. The van der Waals surface area contributed by atoms with Crippen molar-refractivity contribution in [3.8, 4) is 0 Å². The van der Waals surface area contributed by atoms with Crippen molar-refractivity contribution in [2.24, 2.45) is 11.8 Å². The zero-order chi connectivity index (χ0) is 13.9. The molecule has 2 atom stereocenters. The van der Waals surface area contributed by atoms with Gasteiger partial charge in [-0.25, -0.2) is 8.42 Å². The molecule has 5 nitrogen and oxygen atoms in total. The van der Waals surface area contributed by atoms with Crippen molar-refractivity contribution in [3.63, 3.8) is 0 Å². The standard InChI is InChI=1S/C13H24N2O3S.ClH/c1-2-3-4-5-19(17,18)10-13(16)15-8-11-6-14-7-12(11)9-15;/h11-12,14H,2-10H2,1H3;1H/t11-,12+;. The first kappa shape index (κ1) is 17.7. The van der Waals surface area contributed by atoms with E-state index >= 15 is 0 Å². The topological polar surface area (TPSA) is 66.5 Å². The Morgan fingerprint density at radius 1 is 1.20 bits per heavy atom. The molecule has 2 saturated heterocycles. The van der Waals surface area contributed by atoms with Crippen LogP contribution < -0.4 is 5.32 Å². The minimum atomic E-state index is -3.22. The molecule has 1 amide bonds. The van der Waals surface area contributed by atoms with Crippen LogP contribution in [0.5, 0.6) is 0 Å². The number of hydrogen-bond acceptors (Lipinski definition) is 4. The van der Waals surface area contributed by atoms with Gasteiger partial charge in [0.15, 0.2) is 9.84 Å². The predicted octanol–water partition coefficient (Wildman–Crippen LogP) is 0.691. The highest BCUT2D eigenvalue weighted by Gasteiger charge is 2.38. The van der Waals surface area contributed by atoms with Crippen LogP contribution in [0.25, 0.3) is 0 Å². The third kappa shape index (κ3) is 4.60. The van der Waals surface area contributed by atoms with Crippen LogP contribution in [-0.4, -0.2) is 56.9 Å². The Bertz CT molecular complexity index is 415. The van der Waals surface area contributed by atoms with E-state index in [1.54, 1.807) is 4.90 Å². The van der Waals surface area contributed by atoms with Crippen LogP contribution in [0.3, 0.4) is 0 Å². The van der Waals surface area contributed by atoms with E-state index in [4.69, 9.17) is 0 Å². The fourth-order valence-electron chi connectivity index (χ4n) is 2.98. The fourth-order valence-corrected chi connectivity index (χ4v) is 4.33. The molecule has 2 heterocycles. The summed E-state index contributed by atoms with van der Waals surface area (Å²) in [5.74, 6) is 0.683. The molecular weight excluding hydrogens is 300 g/mol. The summed E-state index contributed by atoms with van der Waals surface area (Å²) in [4.78, 5) is 13.8. The van der Waals surface area contributed by atoms with E-state index in [-0.39, 0.29) is 29.8 Å². The molecule has 0 aromatic carbocycles. The average molecular weight is 325 g/mol. The lowest BCUT2D eigenvalue weighted by atomic mass is 10.0. The van der Waals surface area contributed by atoms with E-state index in [0.717, 1.165) is 39.0 Å². The van der Waals surface area contributed by atoms with E-state index in [1.165, 1.54) is 0 Å². The van der Waals surface area contributed by atoms with E-state index < -0.39 is 9.84 Å². The Morgan fingerprint density at radius 3 is 2.35 bits per heavy atom. The minimum absolute atomic E-state index is 0. The molecular formula is C13H25ClN2O3S. The van der Waals surface area contributed by atoms with Crippen molar-refractivity contribution in [1.29, 1.82) is 0 Å². The number of carbonyl (C=O) groups excluding carboxylic acids is 1. The Balaban J connectivity index is 0.00000200. The first-order valence-corrected chi connectivity index (χ1v) is 9.03. The molecule has 118 valence electrons. The quantitative estimate of drug-likeness (QED) is 0.730. The molecule has 0 radical (unpaired) electrons. The van der Waals surface area contributed by atoms with Gasteiger partial charge in [0.25, 0.3) is 0 Å². The lowest BCUT2D eigenvalue weighted by molar-refractivity contribution is -0.127. The van der Waals surface area contributed by atoms with E-state index in [2.05, 4.69) is 5.32 Å². The number of hydrogen-bond donors (Lipinski definition) is 1. The number of sulfone groups is 1. The molecule has 2 fully saturated rings. The third-order valence-electron chi connectivity index (χ3n) is 4.14. The van der Waals surface area contributed by atoms with Crippen molar-refractivity contribution in [1.82, 2.24) is 10.2 Å². The Kier molecular flexibility index (Phi) is 6.75. The van der Waals surface area contributed by atoms with Gasteiger partial charge in [0.1, 0.15) is 5.75 Å². The molecule has 0 bridgehead atoms. The highest BCUT2D eigenvalue weighted by Crippen LogP contribution is 2.26. The molecule has 2 aliphatic heterocycles. The van der Waals surface area contributed by atoms with Gasteiger partial charge >= 0.3 is 0 Å². The highest BCUT2D eigenvalue weighted by molar-refractivity contribution is 7.92. The normalized spacial score (nSPS) is 25.4. The van der Waals surface area contributed by atoms with Gasteiger partial charge in [0.05, 0.1) is 5.75 Å². The number of halogens is 1. The van der Waals surface area contributed by atoms with Gasteiger partial charge in [-0.1, -0.05) is 19.8 Å². The summed E-state index contributed by atoms with van der Waals surface area (Å²) in [5, 5.41) is 3.31. The number of amides is 1. The van der Waals surface area contributed by atoms with Crippen LogP contribution >= 0.6 is 12.4 Å². The second-order valence-corrected chi connectivity index (χ2v) is 7.96. The summed E-state index contributed by atoms with van der Waals surface area (Å²) < 4.78 is 23.7. The van der Waals surface area contributed by atoms with Gasteiger partial charge in [-0.05, 0) is 18.3 Å². The second kappa shape index (κ2) is 7.61. The Labute approximate surface area is 127 Å². The molecule has 0 saturated carbocycles. The first-order chi connectivity index (χ1) is 9.02. The molecule has 2 rings (SSSR count). The summed E-state index contributed by atoms with van der Waals surface area (Å²) in [6.45, 7) is 5.39. The van der Waals surface area contributed by atoms with Gasteiger partial charge in [0, 0.05) is 26.2 Å². The van der Waals surface area contributed by atoms with Gasteiger partial charge in [0.2, 0.25) is 5.91 Å². The van der Waals surface area contributed by atoms with E-state index in [1.807, 2.05) is 6.92 Å². The summed E-state index contributed by atoms with van der Waals surface area (Å²) in [6.07, 6.45) is 2.57. The molecule has 2 aliphatic rings. The number of likely N-dealkylation sites (tertiary alicyclic amines) is 1. The lowest BCUT2D eigenvalue weighted by Crippen LogP contribution is -2.36. The summed E-state index contributed by atoms with van der Waals surface area (Å²) in [5.41, 5.74) is 0. The zero-order valence-electron chi connectivity index (χ0n) is 12.0. The number of rotatable bonds is 6. The van der Waals surface area contributed by atoms with Gasteiger partial charge in [-0.2, -0.15) is 0 Å². The first-order valence-electron chi connectivity index (χ1n) is 7.20. The smallest absolute Gasteiger partial charge is 0.237 e. The SMILES string of the molecule is CCCCCS(=O)(=O)CC(=O)N1C[C@H]2CNC[C@H]2C1.Cl. The number of fused-ring (bicyclic) bond motifs is 1. The molecule has 20 heavy (non-hydrogen) atoms. The maximum Gasteiger partial charge on any atom is 0.237 e. The van der Waals surface area contributed by atoms with Crippen molar-refractivity contribution >= 4 is 28.2 Å². The maximum atomic E-state index is 12.1. The Hall–Kier alpha value is -0.330. The van der Waals surface area contributed by atoms with Gasteiger partial charge in [-0.15, -0.1) is 12.4 Å². The van der Waals surface area contributed by atoms with Crippen molar-refractivity contribution in [2.75, 3.05) is 37.7 Å². The summed E-state index contributed by atoms with van der Waals surface area (Å²) in [6, 6.07) is 0. The van der Waals surface area contributed by atoms with Gasteiger partial charge < -0.3 is 10.2 Å². The molecule has 1 N–H and O–H groups in total. The van der Waals surface area contributed by atoms with Crippen molar-refractivity contribution in [2.45, 2.75) is 26.2 Å². The number of unbranched alkanes of at least 4 members (excludes halogenated alkanes) is 2. The van der Waals surface area contributed by atoms with Crippen LogP contribution in [0.15, 0.2) is 0 Å². The zero-order valence-corrected chi connectivity index (χ0v) is 13.6. The highest BCUT2D eigenvalue weighted by atomic mass is 35.5. The number of nitrogens with zero attached hydrogens (tertiary/aromatic N) is 1. The fraction of sp³-hybridized carbons (Fsp3) is 0.923. The molecule has 0 spiro atoms. The predicted molar refractivity (Wildman–Crippen MR) is 81.9 cm³/mol. The molecule has 0 aliphatic carbocycles. The maximum absolute atomic E-state index is 12.1. The minimum Gasteiger partial charge on any atom is -0.341 e. The average Bonchev–Trinajstić information content (AvgIpc) is 2.88. The number of nitrogens with one attached hydrogen (secondary N) is 1. The van der Waals surface area contributed by atoms with Crippen molar-refractivity contribution in [3.05, 3.63) is 0 Å². The van der Waals surface area contributed by atoms with Crippen LogP contribution in [0.2, 0.25) is 0 Å². The summed E-state index contributed by atoms with van der Waals surface area (Å²) >= 11 is 0. The Morgan fingerprint density at radius 2 is 1.80 bits per heavy atom. The van der Waals surface area contributed by atoms with Crippen molar-refractivity contribution < 1.29 is 13.2 Å². The summed E-state index contributed by atoms with van der Waals surface area (Å²) in [7, 11) is -3.22. The number of carbonyl (C=O) groups is 1. The monoisotopic (exact) mass is 324 g/mol. The third-order valence-corrected chi connectivity index (χ3v) is 5.74. The molecule has 0 aromatic heterocycles.